The van der Waals surface area contributed by atoms with Gasteiger partial charge in [0, 0.05) is 36.3 Å². The molecule has 0 unspecified atom stereocenters. The smallest absolute Gasteiger partial charge is 0.269 e. The van der Waals surface area contributed by atoms with Crippen LogP contribution in [0.2, 0.25) is 0 Å². The third-order valence-electron chi connectivity index (χ3n) is 5.09. The summed E-state index contributed by atoms with van der Waals surface area (Å²) in [5.74, 6) is -1.62. The van der Waals surface area contributed by atoms with Gasteiger partial charge >= 0.3 is 0 Å². The van der Waals surface area contributed by atoms with Crippen LogP contribution in [0.15, 0.2) is 18.2 Å². The van der Waals surface area contributed by atoms with E-state index in [9.17, 15) is 13.6 Å². The van der Waals surface area contributed by atoms with Crippen molar-refractivity contribution in [3.8, 4) is 0 Å². The SMILES string of the molecule is NC(=O)c1n[nH]c2c1CN([C@H]1CO[C@H](c3cc(F)ccc3F)[C@@H](N)C1)C2. The van der Waals surface area contributed by atoms with Crippen LogP contribution in [0.3, 0.4) is 0 Å². The number of ether oxygens (including phenoxy) is 1. The van der Waals surface area contributed by atoms with Gasteiger partial charge in [-0.2, -0.15) is 5.10 Å². The maximum Gasteiger partial charge on any atom is 0.269 e. The summed E-state index contributed by atoms with van der Waals surface area (Å²) in [6.45, 7) is 1.43. The summed E-state index contributed by atoms with van der Waals surface area (Å²) in [5, 5.41) is 6.78. The maximum atomic E-state index is 14.0. The molecule has 138 valence electrons. The molecule has 0 aliphatic carbocycles. The molecule has 2 aliphatic heterocycles. The molecular formula is C17H19F2N5O2. The van der Waals surface area contributed by atoms with Gasteiger partial charge in [-0.15, -0.1) is 0 Å². The Morgan fingerprint density at radius 1 is 1.35 bits per heavy atom. The fourth-order valence-corrected chi connectivity index (χ4v) is 3.78. The van der Waals surface area contributed by atoms with Crippen LogP contribution in [-0.4, -0.2) is 39.7 Å². The van der Waals surface area contributed by atoms with E-state index in [1.54, 1.807) is 0 Å². The summed E-state index contributed by atoms with van der Waals surface area (Å²) in [5.41, 5.74) is 13.6. The summed E-state index contributed by atoms with van der Waals surface area (Å²) in [6, 6.07) is 2.80. The summed E-state index contributed by atoms with van der Waals surface area (Å²) >= 11 is 0. The van der Waals surface area contributed by atoms with Gasteiger partial charge in [0.15, 0.2) is 5.69 Å². The average Bonchev–Trinajstić information content (AvgIpc) is 3.17. The first kappa shape index (κ1) is 17.1. The van der Waals surface area contributed by atoms with Crippen LogP contribution in [0.4, 0.5) is 8.78 Å². The zero-order chi connectivity index (χ0) is 18.4. The molecule has 2 aromatic rings. The first-order chi connectivity index (χ1) is 12.4. The highest BCUT2D eigenvalue weighted by Gasteiger charge is 2.37. The minimum Gasteiger partial charge on any atom is -0.370 e. The van der Waals surface area contributed by atoms with E-state index in [2.05, 4.69) is 15.1 Å². The molecule has 1 aromatic carbocycles. The Morgan fingerprint density at radius 3 is 2.88 bits per heavy atom. The molecular weight excluding hydrogens is 344 g/mol. The Kier molecular flexibility index (Phi) is 4.22. The molecule has 0 radical (unpaired) electrons. The van der Waals surface area contributed by atoms with Crippen molar-refractivity contribution in [1.29, 1.82) is 0 Å². The molecule has 0 saturated carbocycles. The molecule has 1 amide bonds. The third kappa shape index (κ3) is 2.87. The van der Waals surface area contributed by atoms with E-state index in [-0.39, 0.29) is 17.3 Å². The average molecular weight is 363 g/mol. The van der Waals surface area contributed by atoms with Crippen LogP contribution >= 0.6 is 0 Å². The van der Waals surface area contributed by atoms with Crippen LogP contribution in [0.1, 0.15) is 39.8 Å². The number of hydrogen-bond acceptors (Lipinski definition) is 5. The summed E-state index contributed by atoms with van der Waals surface area (Å²) < 4.78 is 33.3. The number of nitrogens with two attached hydrogens (primary N) is 2. The lowest BCUT2D eigenvalue weighted by Gasteiger charge is -2.38. The standard InChI is InChI=1S/C17H19F2N5O2/c18-8-1-2-12(19)10(3-8)16-13(20)4-9(7-26-16)24-5-11-14(6-24)22-23-15(11)17(21)25/h1-3,9,13,16H,4-7,20H2,(H2,21,25)(H,22,23)/t9-,13+,16-/m1/s1. The van der Waals surface area contributed by atoms with E-state index in [1.165, 1.54) is 0 Å². The Labute approximate surface area is 148 Å². The molecule has 3 atom stereocenters. The lowest BCUT2D eigenvalue weighted by atomic mass is 9.93. The van der Waals surface area contributed by atoms with Crippen LogP contribution in [-0.2, 0) is 17.8 Å². The number of hydrogen-bond donors (Lipinski definition) is 3. The highest BCUT2D eigenvalue weighted by molar-refractivity contribution is 5.92. The van der Waals surface area contributed by atoms with Gasteiger partial charge in [0.05, 0.1) is 12.3 Å². The van der Waals surface area contributed by atoms with Crippen molar-refractivity contribution in [2.45, 2.75) is 37.7 Å². The van der Waals surface area contributed by atoms with Crippen molar-refractivity contribution < 1.29 is 18.3 Å². The molecule has 0 bridgehead atoms. The number of H-pyrrole nitrogens is 1. The van der Waals surface area contributed by atoms with Gasteiger partial charge in [-0.05, 0) is 24.6 Å². The van der Waals surface area contributed by atoms with Gasteiger partial charge in [-0.1, -0.05) is 0 Å². The zero-order valence-electron chi connectivity index (χ0n) is 13.9. The van der Waals surface area contributed by atoms with E-state index in [4.69, 9.17) is 16.2 Å². The highest BCUT2D eigenvalue weighted by atomic mass is 19.1. The Morgan fingerprint density at radius 2 is 2.15 bits per heavy atom. The number of nitrogens with zero attached hydrogens (tertiary/aromatic N) is 2. The lowest BCUT2D eigenvalue weighted by Crippen LogP contribution is -2.47. The molecule has 5 N–H and O–H groups in total. The number of fused-ring (bicyclic) bond motifs is 1. The minimum atomic E-state index is -0.690. The zero-order valence-corrected chi connectivity index (χ0v) is 13.9. The minimum absolute atomic E-state index is 0.000558. The topological polar surface area (TPSA) is 110 Å². The van der Waals surface area contributed by atoms with Gasteiger partial charge in [-0.3, -0.25) is 14.8 Å². The van der Waals surface area contributed by atoms with Gasteiger partial charge in [0.1, 0.15) is 17.7 Å². The number of primary amides is 1. The molecule has 4 rings (SSSR count). The van der Waals surface area contributed by atoms with Crippen LogP contribution in [0.25, 0.3) is 0 Å². The van der Waals surface area contributed by atoms with Crippen molar-refractivity contribution in [3.05, 3.63) is 52.3 Å². The van der Waals surface area contributed by atoms with Crippen LogP contribution < -0.4 is 11.5 Å². The highest BCUT2D eigenvalue weighted by Crippen LogP contribution is 2.34. The summed E-state index contributed by atoms with van der Waals surface area (Å²) in [4.78, 5) is 13.5. The quantitative estimate of drug-likeness (QED) is 0.752. The van der Waals surface area contributed by atoms with E-state index in [0.29, 0.717) is 26.1 Å². The van der Waals surface area contributed by atoms with E-state index < -0.39 is 29.7 Å². The number of carbonyl (C=O) groups is 1. The second-order valence-electron chi connectivity index (χ2n) is 6.77. The Hall–Kier alpha value is -2.36. The number of benzene rings is 1. The van der Waals surface area contributed by atoms with Gasteiger partial charge in [0.25, 0.3) is 5.91 Å². The van der Waals surface area contributed by atoms with Gasteiger partial charge in [-0.25, -0.2) is 8.78 Å². The first-order valence-electron chi connectivity index (χ1n) is 8.36. The maximum absolute atomic E-state index is 14.0. The van der Waals surface area contributed by atoms with Crippen molar-refractivity contribution in [2.75, 3.05) is 6.61 Å². The molecule has 9 heteroatoms. The summed E-state index contributed by atoms with van der Waals surface area (Å²) in [7, 11) is 0. The van der Waals surface area contributed by atoms with Gasteiger partial charge in [0.2, 0.25) is 0 Å². The second-order valence-corrected chi connectivity index (χ2v) is 6.77. The fourth-order valence-electron chi connectivity index (χ4n) is 3.78. The molecule has 2 aliphatic rings. The number of amides is 1. The molecule has 1 fully saturated rings. The van der Waals surface area contributed by atoms with Crippen LogP contribution in [0.5, 0.6) is 0 Å². The second kappa shape index (κ2) is 6.42. The molecule has 3 heterocycles. The molecule has 1 saturated heterocycles. The Bertz CT molecular complexity index is 856. The molecule has 7 nitrogen and oxygen atoms in total. The van der Waals surface area contributed by atoms with Crippen molar-refractivity contribution in [2.24, 2.45) is 11.5 Å². The normalized spacial score (nSPS) is 26.0. The van der Waals surface area contributed by atoms with Crippen LogP contribution in [0, 0.1) is 11.6 Å². The first-order valence-corrected chi connectivity index (χ1v) is 8.36. The number of aromatic nitrogens is 2. The predicted molar refractivity (Wildman–Crippen MR) is 87.8 cm³/mol. The van der Waals surface area contributed by atoms with Gasteiger partial charge < -0.3 is 16.2 Å². The van der Waals surface area contributed by atoms with Crippen molar-refractivity contribution in [3.63, 3.8) is 0 Å². The fraction of sp³-hybridized carbons (Fsp3) is 0.412. The third-order valence-corrected chi connectivity index (χ3v) is 5.09. The monoisotopic (exact) mass is 363 g/mol. The van der Waals surface area contributed by atoms with Crippen molar-refractivity contribution in [1.82, 2.24) is 15.1 Å². The lowest BCUT2D eigenvalue weighted by molar-refractivity contribution is -0.0533. The van der Waals surface area contributed by atoms with E-state index in [1.807, 2.05) is 0 Å². The number of rotatable bonds is 3. The summed E-state index contributed by atoms with van der Waals surface area (Å²) in [6.07, 6.45) is -0.130. The Balaban J connectivity index is 1.46. The molecule has 0 spiro atoms. The molecule has 1 aromatic heterocycles. The number of halogens is 2. The number of nitrogens with one attached hydrogen (secondary N) is 1. The van der Waals surface area contributed by atoms with E-state index >= 15 is 0 Å². The predicted octanol–water partition coefficient (Wildman–Crippen LogP) is 0.960. The van der Waals surface area contributed by atoms with E-state index in [0.717, 1.165) is 29.5 Å². The number of carbonyl (C=O) groups excluding carboxylic acids is 1. The largest absolute Gasteiger partial charge is 0.370 e. The molecule has 26 heavy (non-hydrogen) atoms. The number of aromatic amines is 1. The van der Waals surface area contributed by atoms with Crippen molar-refractivity contribution >= 4 is 5.91 Å².